The summed E-state index contributed by atoms with van der Waals surface area (Å²) in [4.78, 5) is 32.7. The molecule has 1 aliphatic heterocycles. The summed E-state index contributed by atoms with van der Waals surface area (Å²) in [5.74, 6) is -0.135. The first-order valence-corrected chi connectivity index (χ1v) is 10.7. The van der Waals surface area contributed by atoms with Crippen molar-refractivity contribution in [3.05, 3.63) is 58.3 Å². The number of pyridine rings is 1. The van der Waals surface area contributed by atoms with Crippen molar-refractivity contribution in [2.24, 2.45) is 4.99 Å². The molecule has 10 heteroatoms. The van der Waals surface area contributed by atoms with Gasteiger partial charge >= 0.3 is 6.09 Å². The number of nitrogens with one attached hydrogen (secondary N) is 2. The molecule has 0 saturated heterocycles. The van der Waals surface area contributed by atoms with Crippen molar-refractivity contribution < 1.29 is 23.5 Å². The van der Waals surface area contributed by atoms with Crippen LogP contribution < -0.4 is 10.6 Å². The number of aromatic nitrogens is 1. The van der Waals surface area contributed by atoms with Crippen LogP contribution in [0.1, 0.15) is 36.8 Å². The van der Waals surface area contributed by atoms with E-state index in [1.807, 2.05) is 0 Å². The van der Waals surface area contributed by atoms with Gasteiger partial charge in [0.15, 0.2) is 0 Å². The summed E-state index contributed by atoms with van der Waals surface area (Å²) >= 11 is 3.27. The van der Waals surface area contributed by atoms with Crippen LogP contribution in [0.5, 0.6) is 0 Å². The number of aliphatic imine (C=N–C) groups is 1. The minimum absolute atomic E-state index is 0.0414. The van der Waals surface area contributed by atoms with Crippen LogP contribution in [0.3, 0.4) is 0 Å². The number of alkyl halides is 1. The number of hydrogen-bond donors (Lipinski definition) is 2. The van der Waals surface area contributed by atoms with Gasteiger partial charge in [-0.15, -0.1) is 0 Å². The first-order valence-electron chi connectivity index (χ1n) is 9.87. The van der Waals surface area contributed by atoms with Crippen molar-refractivity contribution in [3.8, 4) is 0 Å². The Hall–Kier alpha value is -2.85. The van der Waals surface area contributed by atoms with Crippen LogP contribution >= 0.6 is 15.9 Å². The molecule has 0 fully saturated rings. The lowest BCUT2D eigenvalue weighted by Gasteiger charge is -2.34. The van der Waals surface area contributed by atoms with Gasteiger partial charge < -0.3 is 14.8 Å². The lowest BCUT2D eigenvalue weighted by molar-refractivity contribution is -0.0489. The summed E-state index contributed by atoms with van der Waals surface area (Å²) in [5, 5.41) is 5.27. The SMILES string of the molecule is CC(C)(C)OC(=O)NC1=NCC(CF)(c2cccc(NC(=O)c3ccc(Br)cn3)c2)OC1. The van der Waals surface area contributed by atoms with Crippen molar-refractivity contribution in [3.63, 3.8) is 0 Å². The third-order valence-electron chi connectivity index (χ3n) is 4.48. The summed E-state index contributed by atoms with van der Waals surface area (Å²) in [6.07, 6.45) is 0.874. The number of benzene rings is 1. The van der Waals surface area contributed by atoms with E-state index >= 15 is 0 Å². The van der Waals surface area contributed by atoms with Gasteiger partial charge in [-0.2, -0.15) is 0 Å². The fourth-order valence-corrected chi connectivity index (χ4v) is 3.17. The van der Waals surface area contributed by atoms with Crippen molar-refractivity contribution in [1.82, 2.24) is 10.3 Å². The Morgan fingerprint density at radius 2 is 2.03 bits per heavy atom. The van der Waals surface area contributed by atoms with Gasteiger partial charge in [0.2, 0.25) is 0 Å². The monoisotopic (exact) mass is 506 g/mol. The molecular weight excluding hydrogens is 483 g/mol. The van der Waals surface area contributed by atoms with Crippen LogP contribution in [0, 0.1) is 0 Å². The zero-order valence-corrected chi connectivity index (χ0v) is 19.5. The predicted molar refractivity (Wildman–Crippen MR) is 122 cm³/mol. The molecule has 8 nitrogen and oxygen atoms in total. The molecule has 1 aliphatic rings. The van der Waals surface area contributed by atoms with E-state index in [1.54, 1.807) is 57.2 Å². The largest absolute Gasteiger partial charge is 0.444 e. The number of carbonyl (C=O) groups excluding carboxylic acids is 2. The van der Waals surface area contributed by atoms with Crippen LogP contribution in [-0.4, -0.2) is 48.2 Å². The minimum Gasteiger partial charge on any atom is -0.444 e. The zero-order valence-electron chi connectivity index (χ0n) is 17.9. The Labute approximate surface area is 193 Å². The first-order chi connectivity index (χ1) is 15.1. The van der Waals surface area contributed by atoms with Gasteiger partial charge in [0.25, 0.3) is 5.91 Å². The maximum atomic E-state index is 14.1. The zero-order chi connectivity index (χ0) is 23.4. The molecular formula is C22H24BrFN4O4. The Kier molecular flexibility index (Phi) is 7.25. The molecule has 3 rings (SSSR count). The lowest BCUT2D eigenvalue weighted by Crippen LogP contribution is -2.46. The van der Waals surface area contributed by atoms with Gasteiger partial charge in [-0.05, 0) is 66.5 Å². The molecule has 1 atom stereocenters. The fourth-order valence-electron chi connectivity index (χ4n) is 2.94. The number of alkyl carbamates (subject to hydrolysis) is 1. The number of ether oxygens (including phenoxy) is 2. The molecule has 1 aromatic heterocycles. The Bertz CT molecular complexity index is 1020. The standard InChI is InChI=1S/C22H24BrFN4O4/c1-21(2,3)32-20(30)28-18-11-31-22(12-24,13-26-18)14-5-4-6-16(9-14)27-19(29)17-8-7-15(23)10-25-17/h4-10H,11-13H2,1-3H3,(H,27,29)(H,26,28,30). The maximum absolute atomic E-state index is 14.1. The van der Waals surface area contributed by atoms with E-state index in [2.05, 4.69) is 36.5 Å². The van der Waals surface area contributed by atoms with E-state index in [1.165, 1.54) is 6.20 Å². The topological polar surface area (TPSA) is 102 Å². The third kappa shape index (κ3) is 6.10. The summed E-state index contributed by atoms with van der Waals surface area (Å²) in [7, 11) is 0. The van der Waals surface area contributed by atoms with E-state index < -0.39 is 29.9 Å². The molecule has 2 amide bonds. The van der Waals surface area contributed by atoms with Crippen LogP contribution in [0.25, 0.3) is 0 Å². The molecule has 2 aromatic rings. The van der Waals surface area contributed by atoms with Crippen LogP contribution in [0.4, 0.5) is 14.9 Å². The molecule has 1 aromatic carbocycles. The fraction of sp³-hybridized carbons (Fsp3) is 0.364. The second-order valence-corrected chi connectivity index (χ2v) is 9.12. The Balaban J connectivity index is 1.71. The number of amides is 2. The van der Waals surface area contributed by atoms with E-state index in [4.69, 9.17) is 9.47 Å². The van der Waals surface area contributed by atoms with Crippen molar-refractivity contribution in [2.45, 2.75) is 32.0 Å². The molecule has 170 valence electrons. The quantitative estimate of drug-likeness (QED) is 0.646. The summed E-state index contributed by atoms with van der Waals surface area (Å²) in [5.41, 5.74) is -0.748. The smallest absolute Gasteiger partial charge is 0.413 e. The molecule has 0 spiro atoms. The highest BCUT2D eigenvalue weighted by Gasteiger charge is 2.37. The number of amidine groups is 1. The lowest BCUT2D eigenvalue weighted by atomic mass is 9.93. The summed E-state index contributed by atoms with van der Waals surface area (Å²) in [6, 6.07) is 10.0. The van der Waals surface area contributed by atoms with Crippen molar-refractivity contribution >= 4 is 39.5 Å². The normalized spacial score (nSPS) is 18.5. The van der Waals surface area contributed by atoms with Crippen LogP contribution in [0.15, 0.2) is 52.1 Å². The van der Waals surface area contributed by atoms with E-state index in [0.29, 0.717) is 11.3 Å². The van der Waals surface area contributed by atoms with Gasteiger partial charge in [0.05, 0.1) is 6.54 Å². The van der Waals surface area contributed by atoms with Gasteiger partial charge in [-0.25, -0.2) is 14.2 Å². The van der Waals surface area contributed by atoms with Crippen LogP contribution in [-0.2, 0) is 15.1 Å². The van der Waals surface area contributed by atoms with E-state index in [-0.39, 0.29) is 24.7 Å². The first kappa shape index (κ1) is 23.8. The van der Waals surface area contributed by atoms with E-state index in [0.717, 1.165) is 4.47 Å². The minimum atomic E-state index is -1.32. The molecule has 32 heavy (non-hydrogen) atoms. The average Bonchev–Trinajstić information content (AvgIpc) is 2.74. The Morgan fingerprint density at radius 3 is 2.62 bits per heavy atom. The molecule has 0 bridgehead atoms. The number of anilines is 1. The van der Waals surface area contributed by atoms with Gasteiger partial charge in [-0.3, -0.25) is 15.1 Å². The maximum Gasteiger partial charge on any atom is 0.413 e. The van der Waals surface area contributed by atoms with Gasteiger partial charge in [-0.1, -0.05) is 12.1 Å². The van der Waals surface area contributed by atoms with Gasteiger partial charge in [0.1, 0.15) is 36.0 Å². The third-order valence-corrected chi connectivity index (χ3v) is 4.95. The molecule has 0 aliphatic carbocycles. The number of halogens is 2. The predicted octanol–water partition coefficient (Wildman–Crippen LogP) is 4.21. The average molecular weight is 507 g/mol. The molecule has 2 N–H and O–H groups in total. The van der Waals surface area contributed by atoms with Crippen molar-refractivity contribution in [2.75, 3.05) is 25.1 Å². The highest BCUT2D eigenvalue weighted by Crippen LogP contribution is 2.31. The van der Waals surface area contributed by atoms with Gasteiger partial charge in [0, 0.05) is 16.4 Å². The molecule has 1 unspecified atom stereocenters. The molecule has 2 heterocycles. The summed E-state index contributed by atoms with van der Waals surface area (Å²) in [6.45, 7) is 4.28. The Morgan fingerprint density at radius 1 is 1.25 bits per heavy atom. The van der Waals surface area contributed by atoms with Crippen LogP contribution in [0.2, 0.25) is 0 Å². The van der Waals surface area contributed by atoms with Crippen molar-refractivity contribution in [1.29, 1.82) is 0 Å². The number of carbonyl (C=O) groups is 2. The summed E-state index contributed by atoms with van der Waals surface area (Å²) < 4.78 is 25.9. The van der Waals surface area contributed by atoms with E-state index in [9.17, 15) is 14.0 Å². The highest BCUT2D eigenvalue weighted by atomic mass is 79.9. The number of rotatable bonds is 4. The number of hydrogen-bond acceptors (Lipinski definition) is 6. The number of nitrogens with zero attached hydrogens (tertiary/aromatic N) is 2. The molecule has 0 saturated carbocycles. The second-order valence-electron chi connectivity index (χ2n) is 8.20. The molecule has 0 radical (unpaired) electrons. The highest BCUT2D eigenvalue weighted by molar-refractivity contribution is 9.10. The second kappa shape index (κ2) is 9.74.